The summed E-state index contributed by atoms with van der Waals surface area (Å²) >= 11 is 19.7. The van der Waals surface area contributed by atoms with E-state index in [0.29, 0.717) is 15.6 Å². The van der Waals surface area contributed by atoms with Gasteiger partial charge < -0.3 is 5.73 Å². The molecule has 0 aliphatic carbocycles. The van der Waals surface area contributed by atoms with Crippen LogP contribution in [0, 0.1) is 0 Å². The summed E-state index contributed by atoms with van der Waals surface area (Å²) in [5.74, 6) is 0. The standard InChI is InChI=1S/C8H6BrCl2N3S/c9-5-2-6(10)4(1-7(5)11)3-13-14-8(12)15/h1-3H,(H3,12,14,15). The Labute approximate surface area is 111 Å². The van der Waals surface area contributed by atoms with Crippen LogP contribution in [0.25, 0.3) is 0 Å². The molecule has 0 aromatic heterocycles. The van der Waals surface area contributed by atoms with Gasteiger partial charge >= 0.3 is 0 Å². The van der Waals surface area contributed by atoms with E-state index in [1.165, 1.54) is 6.21 Å². The molecular formula is C8H6BrCl2N3S. The highest BCUT2D eigenvalue weighted by Gasteiger charge is 2.03. The number of hydrazone groups is 1. The van der Waals surface area contributed by atoms with E-state index < -0.39 is 0 Å². The second-order valence-corrected chi connectivity index (χ2v) is 4.63. The Balaban J connectivity index is 2.90. The third-order valence-corrected chi connectivity index (χ3v) is 3.03. The van der Waals surface area contributed by atoms with Gasteiger partial charge in [-0.2, -0.15) is 5.10 Å². The lowest BCUT2D eigenvalue weighted by Crippen LogP contribution is -2.24. The number of hydrogen-bond acceptors (Lipinski definition) is 2. The number of thiocarbonyl (C=S) groups is 1. The smallest absolute Gasteiger partial charge is 0.184 e. The fourth-order valence-corrected chi connectivity index (χ4v) is 1.71. The zero-order valence-corrected chi connectivity index (χ0v) is 11.2. The lowest BCUT2D eigenvalue weighted by molar-refractivity contribution is 1.04. The number of rotatable bonds is 2. The molecule has 1 aromatic carbocycles. The van der Waals surface area contributed by atoms with Crippen molar-refractivity contribution in [3.63, 3.8) is 0 Å². The van der Waals surface area contributed by atoms with Crippen molar-refractivity contribution in [3.8, 4) is 0 Å². The maximum Gasteiger partial charge on any atom is 0.184 e. The van der Waals surface area contributed by atoms with E-state index in [1.54, 1.807) is 12.1 Å². The van der Waals surface area contributed by atoms with Gasteiger partial charge in [0.05, 0.1) is 16.3 Å². The van der Waals surface area contributed by atoms with Crippen LogP contribution < -0.4 is 11.2 Å². The molecule has 0 bridgehead atoms. The molecular weight excluding hydrogens is 321 g/mol. The van der Waals surface area contributed by atoms with Crippen LogP contribution >= 0.6 is 51.3 Å². The number of benzene rings is 1. The van der Waals surface area contributed by atoms with Gasteiger partial charge in [-0.15, -0.1) is 0 Å². The molecule has 1 aromatic rings. The highest BCUT2D eigenvalue weighted by Crippen LogP contribution is 2.28. The Morgan fingerprint density at radius 2 is 2.13 bits per heavy atom. The minimum atomic E-state index is 0.0885. The number of nitrogens with two attached hydrogens (primary N) is 1. The number of nitrogens with one attached hydrogen (secondary N) is 1. The summed E-state index contributed by atoms with van der Waals surface area (Å²) < 4.78 is 0.730. The molecule has 3 nitrogen and oxygen atoms in total. The van der Waals surface area contributed by atoms with Gasteiger partial charge in [0.15, 0.2) is 5.11 Å². The van der Waals surface area contributed by atoms with Crippen molar-refractivity contribution in [1.29, 1.82) is 0 Å². The van der Waals surface area contributed by atoms with E-state index >= 15 is 0 Å². The maximum absolute atomic E-state index is 5.95. The van der Waals surface area contributed by atoms with Crippen molar-refractivity contribution >= 4 is 62.7 Å². The summed E-state index contributed by atoms with van der Waals surface area (Å²) in [6.07, 6.45) is 1.49. The van der Waals surface area contributed by atoms with Crippen molar-refractivity contribution in [2.45, 2.75) is 0 Å². The Bertz CT molecular complexity index is 423. The summed E-state index contributed by atoms with van der Waals surface area (Å²) in [6, 6.07) is 3.37. The third-order valence-electron chi connectivity index (χ3n) is 1.42. The number of hydrogen-bond donors (Lipinski definition) is 2. The predicted octanol–water partition coefficient (Wildman–Crippen LogP) is 2.92. The monoisotopic (exact) mass is 325 g/mol. The van der Waals surface area contributed by atoms with Crippen LogP contribution in [0.4, 0.5) is 0 Å². The van der Waals surface area contributed by atoms with Gasteiger partial charge in [0, 0.05) is 10.0 Å². The molecule has 0 unspecified atom stereocenters. The van der Waals surface area contributed by atoms with E-state index in [0.717, 1.165) is 4.47 Å². The summed E-state index contributed by atoms with van der Waals surface area (Å²) in [4.78, 5) is 0. The first-order valence-electron chi connectivity index (χ1n) is 3.73. The summed E-state index contributed by atoms with van der Waals surface area (Å²) in [7, 11) is 0. The molecule has 0 amide bonds. The lowest BCUT2D eigenvalue weighted by atomic mass is 10.2. The predicted molar refractivity (Wildman–Crippen MR) is 71.7 cm³/mol. The Morgan fingerprint density at radius 3 is 2.73 bits per heavy atom. The Kier molecular flexibility index (Phi) is 4.79. The van der Waals surface area contributed by atoms with Gasteiger partial charge in [0.1, 0.15) is 0 Å². The first-order chi connectivity index (χ1) is 7.00. The van der Waals surface area contributed by atoms with Crippen LogP contribution in [0.15, 0.2) is 21.7 Å². The van der Waals surface area contributed by atoms with Crippen molar-refractivity contribution in [1.82, 2.24) is 5.43 Å². The molecule has 0 aliphatic rings. The number of nitrogens with zero attached hydrogens (tertiary/aromatic N) is 1. The molecule has 7 heteroatoms. The van der Waals surface area contributed by atoms with Gasteiger partial charge in [0.2, 0.25) is 0 Å². The molecule has 0 aliphatic heterocycles. The molecule has 1 rings (SSSR count). The normalized spacial score (nSPS) is 10.6. The molecule has 0 heterocycles. The first kappa shape index (κ1) is 12.7. The quantitative estimate of drug-likeness (QED) is 0.380. The van der Waals surface area contributed by atoms with E-state index in [9.17, 15) is 0 Å². The zero-order chi connectivity index (χ0) is 11.4. The zero-order valence-electron chi connectivity index (χ0n) is 7.30. The Morgan fingerprint density at radius 1 is 1.47 bits per heavy atom. The molecule has 0 atom stereocenters. The summed E-state index contributed by atoms with van der Waals surface area (Å²) in [5, 5.41) is 4.94. The van der Waals surface area contributed by atoms with Gasteiger partial charge in [-0.3, -0.25) is 5.43 Å². The SMILES string of the molecule is NC(=S)NN=Cc1cc(Cl)c(Br)cc1Cl. The van der Waals surface area contributed by atoms with Crippen LogP contribution in [0.1, 0.15) is 5.56 Å². The first-order valence-corrected chi connectivity index (χ1v) is 5.69. The fraction of sp³-hybridized carbons (Fsp3) is 0. The van der Waals surface area contributed by atoms with E-state index in [1.807, 2.05) is 0 Å². The lowest BCUT2D eigenvalue weighted by Gasteiger charge is -2.01. The highest BCUT2D eigenvalue weighted by molar-refractivity contribution is 9.10. The molecule has 0 saturated heterocycles. The molecule has 0 spiro atoms. The second-order valence-electron chi connectivity index (χ2n) is 2.52. The van der Waals surface area contributed by atoms with E-state index in [4.69, 9.17) is 28.9 Å². The third kappa shape index (κ3) is 3.95. The molecule has 15 heavy (non-hydrogen) atoms. The molecule has 3 N–H and O–H groups in total. The van der Waals surface area contributed by atoms with Crippen LogP contribution in [0.2, 0.25) is 10.0 Å². The topological polar surface area (TPSA) is 50.4 Å². The largest absolute Gasteiger partial charge is 0.375 e. The van der Waals surface area contributed by atoms with Gasteiger partial charge in [-0.05, 0) is 40.3 Å². The van der Waals surface area contributed by atoms with Crippen molar-refractivity contribution < 1.29 is 0 Å². The highest BCUT2D eigenvalue weighted by atomic mass is 79.9. The van der Waals surface area contributed by atoms with E-state index in [2.05, 4.69) is 38.7 Å². The average Bonchev–Trinajstić information content (AvgIpc) is 2.13. The van der Waals surface area contributed by atoms with Crippen LogP contribution in [0.3, 0.4) is 0 Å². The second kappa shape index (κ2) is 5.65. The number of halogens is 3. The van der Waals surface area contributed by atoms with Gasteiger partial charge in [-0.25, -0.2) is 0 Å². The van der Waals surface area contributed by atoms with Gasteiger partial charge in [-0.1, -0.05) is 23.2 Å². The maximum atomic E-state index is 5.95. The fourth-order valence-electron chi connectivity index (χ4n) is 0.802. The van der Waals surface area contributed by atoms with Crippen LogP contribution in [-0.4, -0.2) is 11.3 Å². The van der Waals surface area contributed by atoms with Crippen molar-refractivity contribution in [2.75, 3.05) is 0 Å². The average molecular weight is 327 g/mol. The van der Waals surface area contributed by atoms with Crippen molar-refractivity contribution in [3.05, 3.63) is 32.2 Å². The van der Waals surface area contributed by atoms with Gasteiger partial charge in [0.25, 0.3) is 0 Å². The molecule has 80 valence electrons. The summed E-state index contributed by atoms with van der Waals surface area (Å²) in [6.45, 7) is 0. The van der Waals surface area contributed by atoms with E-state index in [-0.39, 0.29) is 5.11 Å². The minimum Gasteiger partial charge on any atom is -0.375 e. The minimum absolute atomic E-state index is 0.0885. The molecule has 0 saturated carbocycles. The molecule has 0 fully saturated rings. The molecule has 0 radical (unpaired) electrons. The van der Waals surface area contributed by atoms with Crippen LogP contribution in [0.5, 0.6) is 0 Å². The summed E-state index contributed by atoms with van der Waals surface area (Å²) in [5.41, 5.74) is 8.28. The Hall–Kier alpha value is -0.360. The van der Waals surface area contributed by atoms with Crippen LogP contribution in [-0.2, 0) is 0 Å². The van der Waals surface area contributed by atoms with Crippen molar-refractivity contribution in [2.24, 2.45) is 10.8 Å².